The Morgan fingerprint density at radius 1 is 1.44 bits per heavy atom. The van der Waals surface area contributed by atoms with E-state index in [4.69, 9.17) is 4.74 Å². The third-order valence-electron chi connectivity index (χ3n) is 3.84. The van der Waals surface area contributed by atoms with E-state index in [-0.39, 0.29) is 5.75 Å². The van der Waals surface area contributed by atoms with E-state index < -0.39 is 5.54 Å². The van der Waals surface area contributed by atoms with Gasteiger partial charge in [-0.1, -0.05) is 0 Å². The van der Waals surface area contributed by atoms with Gasteiger partial charge in [-0.25, -0.2) is 4.79 Å². The van der Waals surface area contributed by atoms with Gasteiger partial charge in [0, 0.05) is 5.56 Å². The van der Waals surface area contributed by atoms with E-state index >= 15 is 0 Å². The standard InChI is InChI=1S/C14H17NO3/c1-9-7-11(10(2)13(18-3)12(9)17)14(15-8-16)5-4-6-14/h7,17H,4-6H2,1-3H3. The van der Waals surface area contributed by atoms with E-state index in [0.717, 1.165) is 36.0 Å². The van der Waals surface area contributed by atoms with Gasteiger partial charge in [0.15, 0.2) is 11.5 Å². The fraction of sp³-hybridized carbons (Fsp3) is 0.500. The quantitative estimate of drug-likeness (QED) is 0.660. The van der Waals surface area contributed by atoms with Crippen LogP contribution in [0.25, 0.3) is 0 Å². The molecule has 2 rings (SSSR count). The van der Waals surface area contributed by atoms with Gasteiger partial charge in [-0.3, -0.25) is 0 Å². The van der Waals surface area contributed by atoms with Crippen molar-refractivity contribution in [1.82, 2.24) is 0 Å². The monoisotopic (exact) mass is 247 g/mol. The highest BCUT2D eigenvalue weighted by molar-refractivity contribution is 5.57. The van der Waals surface area contributed by atoms with Crippen LogP contribution in [0.1, 0.15) is 36.0 Å². The lowest BCUT2D eigenvalue weighted by atomic mass is 9.70. The van der Waals surface area contributed by atoms with Gasteiger partial charge in [-0.05, 0) is 50.3 Å². The molecule has 0 aliphatic heterocycles. The van der Waals surface area contributed by atoms with Gasteiger partial charge in [0.25, 0.3) is 0 Å². The Kier molecular flexibility index (Phi) is 3.14. The summed E-state index contributed by atoms with van der Waals surface area (Å²) < 4.78 is 5.25. The summed E-state index contributed by atoms with van der Waals surface area (Å²) in [5.74, 6) is 0.626. The molecule has 0 spiro atoms. The summed E-state index contributed by atoms with van der Waals surface area (Å²) in [6, 6.07) is 1.90. The lowest BCUT2D eigenvalue weighted by Crippen LogP contribution is -2.33. The number of phenols is 1. The van der Waals surface area contributed by atoms with Crippen molar-refractivity contribution in [3.05, 3.63) is 22.8 Å². The summed E-state index contributed by atoms with van der Waals surface area (Å²) in [6.07, 6.45) is 4.42. The molecule has 18 heavy (non-hydrogen) atoms. The summed E-state index contributed by atoms with van der Waals surface area (Å²) in [4.78, 5) is 14.6. The van der Waals surface area contributed by atoms with Crippen molar-refractivity contribution in [1.29, 1.82) is 0 Å². The van der Waals surface area contributed by atoms with Crippen molar-refractivity contribution in [2.75, 3.05) is 7.11 Å². The molecule has 1 aromatic rings. The second-order valence-electron chi connectivity index (χ2n) is 4.84. The van der Waals surface area contributed by atoms with E-state index in [1.54, 1.807) is 6.08 Å². The molecular formula is C14H17NO3. The predicted octanol–water partition coefficient (Wildman–Crippen LogP) is 2.73. The van der Waals surface area contributed by atoms with E-state index in [9.17, 15) is 9.90 Å². The number of aliphatic imine (C=N–C) groups is 1. The van der Waals surface area contributed by atoms with Crippen LogP contribution in [0.15, 0.2) is 11.1 Å². The molecule has 4 nitrogen and oxygen atoms in total. The number of methoxy groups -OCH3 is 1. The number of carbonyl (C=O) groups excluding carboxylic acids is 1. The first kappa shape index (κ1) is 12.7. The number of hydrogen-bond acceptors (Lipinski definition) is 4. The van der Waals surface area contributed by atoms with Gasteiger partial charge >= 0.3 is 0 Å². The van der Waals surface area contributed by atoms with Crippen LogP contribution in [0.2, 0.25) is 0 Å². The van der Waals surface area contributed by atoms with Crippen molar-refractivity contribution >= 4 is 6.08 Å². The van der Waals surface area contributed by atoms with Gasteiger partial charge in [-0.2, -0.15) is 4.99 Å². The van der Waals surface area contributed by atoms with Crippen molar-refractivity contribution in [3.63, 3.8) is 0 Å². The summed E-state index contributed by atoms with van der Waals surface area (Å²) in [5, 5.41) is 9.96. The minimum Gasteiger partial charge on any atom is -0.504 e. The van der Waals surface area contributed by atoms with Crippen LogP contribution in [0.4, 0.5) is 0 Å². The average Bonchev–Trinajstić information content (AvgIpc) is 2.30. The molecule has 1 saturated carbocycles. The zero-order chi connectivity index (χ0) is 13.3. The summed E-state index contributed by atoms with van der Waals surface area (Å²) >= 11 is 0. The fourth-order valence-corrected chi connectivity index (χ4v) is 2.65. The number of hydrogen-bond donors (Lipinski definition) is 1. The van der Waals surface area contributed by atoms with Crippen LogP contribution in [-0.2, 0) is 10.3 Å². The van der Waals surface area contributed by atoms with Crippen molar-refractivity contribution in [2.45, 2.75) is 38.6 Å². The topological polar surface area (TPSA) is 58.9 Å². The highest BCUT2D eigenvalue weighted by Crippen LogP contribution is 2.49. The lowest BCUT2D eigenvalue weighted by Gasteiger charge is -2.38. The number of rotatable bonds is 3. The number of ether oxygens (including phenoxy) is 1. The second-order valence-corrected chi connectivity index (χ2v) is 4.84. The van der Waals surface area contributed by atoms with Crippen LogP contribution in [0.5, 0.6) is 11.5 Å². The van der Waals surface area contributed by atoms with E-state index in [0.29, 0.717) is 5.75 Å². The summed E-state index contributed by atoms with van der Waals surface area (Å²) in [6.45, 7) is 3.70. The zero-order valence-electron chi connectivity index (χ0n) is 10.9. The van der Waals surface area contributed by atoms with E-state index in [1.165, 1.54) is 7.11 Å². The summed E-state index contributed by atoms with van der Waals surface area (Å²) in [7, 11) is 1.53. The second kappa shape index (κ2) is 4.46. The highest BCUT2D eigenvalue weighted by Gasteiger charge is 2.41. The maximum atomic E-state index is 10.6. The smallest absolute Gasteiger partial charge is 0.235 e. The summed E-state index contributed by atoms with van der Waals surface area (Å²) in [5.41, 5.74) is 2.08. The van der Waals surface area contributed by atoms with Crippen molar-refractivity contribution in [2.24, 2.45) is 4.99 Å². The number of phenolic OH excluding ortho intramolecular Hbond substituents is 1. The molecule has 1 fully saturated rings. The molecule has 0 unspecified atom stereocenters. The molecule has 1 aliphatic rings. The first-order chi connectivity index (χ1) is 8.55. The average molecular weight is 247 g/mol. The number of aryl methyl sites for hydroxylation is 1. The fourth-order valence-electron chi connectivity index (χ4n) is 2.65. The molecule has 0 aromatic heterocycles. The molecule has 0 amide bonds. The highest BCUT2D eigenvalue weighted by atomic mass is 16.5. The molecule has 0 bridgehead atoms. The maximum absolute atomic E-state index is 10.6. The maximum Gasteiger partial charge on any atom is 0.235 e. The van der Waals surface area contributed by atoms with Crippen molar-refractivity contribution in [3.8, 4) is 11.5 Å². The van der Waals surface area contributed by atoms with Gasteiger partial charge in [-0.15, -0.1) is 0 Å². The SMILES string of the molecule is COc1c(C)c(C2(N=C=O)CCC2)cc(C)c1O. The Bertz CT molecular complexity index is 526. The number of aromatic hydroxyl groups is 1. The normalized spacial score (nSPS) is 16.6. The molecular weight excluding hydrogens is 230 g/mol. The van der Waals surface area contributed by atoms with E-state index in [2.05, 4.69) is 4.99 Å². The zero-order valence-corrected chi connectivity index (χ0v) is 10.9. The molecule has 1 N–H and O–H groups in total. The van der Waals surface area contributed by atoms with Crippen LogP contribution in [0.3, 0.4) is 0 Å². The molecule has 1 aromatic carbocycles. The third kappa shape index (κ3) is 1.70. The van der Waals surface area contributed by atoms with Gasteiger partial charge < -0.3 is 9.84 Å². The van der Waals surface area contributed by atoms with Gasteiger partial charge in [0.2, 0.25) is 6.08 Å². The first-order valence-corrected chi connectivity index (χ1v) is 6.02. The Labute approximate surface area is 106 Å². The number of nitrogens with zero attached hydrogens (tertiary/aromatic N) is 1. The minimum atomic E-state index is -0.461. The van der Waals surface area contributed by atoms with Gasteiger partial charge in [0.1, 0.15) is 0 Å². The molecule has 0 radical (unpaired) electrons. The molecule has 0 heterocycles. The predicted molar refractivity (Wildman–Crippen MR) is 67.8 cm³/mol. The van der Waals surface area contributed by atoms with E-state index in [1.807, 2.05) is 19.9 Å². The number of benzene rings is 1. The van der Waals surface area contributed by atoms with Crippen molar-refractivity contribution < 1.29 is 14.6 Å². The molecule has 0 saturated heterocycles. The van der Waals surface area contributed by atoms with Crippen LogP contribution >= 0.6 is 0 Å². The Morgan fingerprint density at radius 3 is 2.56 bits per heavy atom. The minimum absolute atomic E-state index is 0.156. The molecule has 0 atom stereocenters. The molecule has 96 valence electrons. The molecule has 4 heteroatoms. The Hall–Kier alpha value is -1.80. The Morgan fingerprint density at radius 2 is 2.11 bits per heavy atom. The van der Waals surface area contributed by atoms with Gasteiger partial charge in [0.05, 0.1) is 12.6 Å². The van der Waals surface area contributed by atoms with Crippen LogP contribution < -0.4 is 4.74 Å². The number of isocyanates is 1. The Balaban J connectivity index is 2.64. The first-order valence-electron chi connectivity index (χ1n) is 6.02. The lowest BCUT2D eigenvalue weighted by molar-refractivity contribution is 0.252. The largest absolute Gasteiger partial charge is 0.504 e. The third-order valence-corrected chi connectivity index (χ3v) is 3.84. The van der Waals surface area contributed by atoms with Crippen LogP contribution in [-0.4, -0.2) is 18.3 Å². The van der Waals surface area contributed by atoms with Crippen LogP contribution in [0, 0.1) is 13.8 Å². The molecule has 1 aliphatic carbocycles.